The van der Waals surface area contributed by atoms with Crippen LogP contribution in [0.5, 0.6) is 0 Å². The maximum Gasteiger partial charge on any atom is 0.104 e. The molecule has 0 aromatic carbocycles. The van der Waals surface area contributed by atoms with Crippen LogP contribution in [-0.2, 0) is 16.1 Å². The zero-order valence-corrected chi connectivity index (χ0v) is 10.3. The Morgan fingerprint density at radius 1 is 1.59 bits per heavy atom. The molecule has 1 aliphatic heterocycles. The predicted octanol–water partition coefficient (Wildman–Crippen LogP) is 1.41. The van der Waals surface area contributed by atoms with Crippen LogP contribution in [0.2, 0.25) is 0 Å². The van der Waals surface area contributed by atoms with Crippen molar-refractivity contribution in [3.8, 4) is 0 Å². The van der Waals surface area contributed by atoms with Crippen LogP contribution in [0.3, 0.4) is 0 Å². The topological polar surface area (TPSA) is 57.4 Å². The monoisotopic (exact) mass is 236 g/mol. The van der Waals surface area contributed by atoms with E-state index in [0.717, 1.165) is 30.7 Å². The van der Waals surface area contributed by atoms with Crippen molar-refractivity contribution in [2.24, 2.45) is 5.73 Å². The van der Waals surface area contributed by atoms with E-state index < -0.39 is 0 Å². The molecular weight excluding hydrogens is 216 g/mol. The first-order chi connectivity index (χ1) is 8.26. The molecule has 0 bridgehead atoms. The number of pyridine rings is 1. The molecule has 0 amide bonds. The van der Waals surface area contributed by atoms with Gasteiger partial charge in [0.1, 0.15) is 5.60 Å². The van der Waals surface area contributed by atoms with Crippen LogP contribution in [0.1, 0.15) is 24.1 Å². The number of ether oxygens (including phenoxy) is 2. The van der Waals surface area contributed by atoms with Crippen molar-refractivity contribution < 1.29 is 9.47 Å². The fourth-order valence-electron chi connectivity index (χ4n) is 2.05. The molecule has 0 radical (unpaired) electrons. The number of nitrogens with zero attached hydrogens (tertiary/aromatic N) is 1. The van der Waals surface area contributed by atoms with Crippen molar-refractivity contribution in [3.05, 3.63) is 29.6 Å². The van der Waals surface area contributed by atoms with Gasteiger partial charge in [-0.15, -0.1) is 0 Å². The molecule has 1 atom stereocenters. The van der Waals surface area contributed by atoms with E-state index in [1.54, 1.807) is 6.20 Å². The molecule has 1 unspecified atom stereocenters. The summed E-state index contributed by atoms with van der Waals surface area (Å²) in [6, 6.07) is 3.97. The lowest BCUT2D eigenvalue weighted by atomic mass is 9.96. The summed E-state index contributed by atoms with van der Waals surface area (Å²) in [6.45, 7) is 4.45. The average Bonchev–Trinajstić information content (AvgIpc) is 2.39. The summed E-state index contributed by atoms with van der Waals surface area (Å²) < 4.78 is 11.4. The highest BCUT2D eigenvalue weighted by atomic mass is 16.5. The SMILES string of the molecule is Cc1cccnc1COC1(CN)CCCOC1. The van der Waals surface area contributed by atoms with Gasteiger partial charge in [-0.2, -0.15) is 0 Å². The van der Waals surface area contributed by atoms with Gasteiger partial charge in [0.2, 0.25) is 0 Å². The minimum Gasteiger partial charge on any atom is -0.378 e. The van der Waals surface area contributed by atoms with E-state index in [4.69, 9.17) is 15.2 Å². The quantitative estimate of drug-likeness (QED) is 0.859. The third-order valence-electron chi connectivity index (χ3n) is 3.29. The Balaban J connectivity index is 1.98. The lowest BCUT2D eigenvalue weighted by molar-refractivity contribution is -0.130. The lowest BCUT2D eigenvalue weighted by Gasteiger charge is -2.35. The Hall–Kier alpha value is -0.970. The second kappa shape index (κ2) is 5.58. The second-order valence-electron chi connectivity index (χ2n) is 4.60. The molecule has 4 nitrogen and oxygen atoms in total. The molecule has 2 N–H and O–H groups in total. The summed E-state index contributed by atoms with van der Waals surface area (Å²) in [5.41, 5.74) is 7.62. The van der Waals surface area contributed by atoms with Crippen molar-refractivity contribution in [2.75, 3.05) is 19.8 Å². The van der Waals surface area contributed by atoms with Crippen molar-refractivity contribution in [1.82, 2.24) is 4.98 Å². The predicted molar refractivity (Wildman–Crippen MR) is 65.6 cm³/mol. The largest absolute Gasteiger partial charge is 0.378 e. The third-order valence-corrected chi connectivity index (χ3v) is 3.29. The fourth-order valence-corrected chi connectivity index (χ4v) is 2.05. The molecule has 0 aliphatic carbocycles. The minimum atomic E-state index is -0.317. The van der Waals surface area contributed by atoms with Gasteiger partial charge in [-0.25, -0.2) is 0 Å². The maximum absolute atomic E-state index is 5.97. The van der Waals surface area contributed by atoms with Crippen LogP contribution < -0.4 is 5.73 Å². The second-order valence-corrected chi connectivity index (χ2v) is 4.60. The molecule has 1 saturated heterocycles. The van der Waals surface area contributed by atoms with E-state index in [0.29, 0.717) is 19.8 Å². The first kappa shape index (κ1) is 12.5. The zero-order chi connectivity index (χ0) is 12.1. The molecule has 2 rings (SSSR count). The van der Waals surface area contributed by atoms with Crippen LogP contribution in [0, 0.1) is 6.92 Å². The van der Waals surface area contributed by atoms with Gasteiger partial charge in [-0.3, -0.25) is 4.98 Å². The summed E-state index contributed by atoms with van der Waals surface area (Å²) >= 11 is 0. The van der Waals surface area contributed by atoms with Gasteiger partial charge in [-0.05, 0) is 31.4 Å². The molecule has 4 heteroatoms. The lowest BCUT2D eigenvalue weighted by Crippen LogP contribution is -2.47. The van der Waals surface area contributed by atoms with E-state index in [1.807, 2.05) is 19.1 Å². The molecule has 17 heavy (non-hydrogen) atoms. The van der Waals surface area contributed by atoms with Crippen molar-refractivity contribution >= 4 is 0 Å². The van der Waals surface area contributed by atoms with Crippen LogP contribution in [-0.4, -0.2) is 30.3 Å². The minimum absolute atomic E-state index is 0.317. The van der Waals surface area contributed by atoms with Crippen molar-refractivity contribution in [3.63, 3.8) is 0 Å². The Bertz CT molecular complexity index is 362. The standard InChI is InChI=1S/C13H20N2O2/c1-11-4-2-6-15-12(11)8-17-13(9-14)5-3-7-16-10-13/h2,4,6H,3,5,7-10,14H2,1H3. The molecule has 2 heterocycles. The first-order valence-electron chi connectivity index (χ1n) is 6.08. The summed E-state index contributed by atoms with van der Waals surface area (Å²) in [5, 5.41) is 0. The van der Waals surface area contributed by atoms with Gasteiger partial charge in [0.15, 0.2) is 0 Å². The van der Waals surface area contributed by atoms with E-state index in [9.17, 15) is 0 Å². The number of rotatable bonds is 4. The van der Waals surface area contributed by atoms with Gasteiger partial charge >= 0.3 is 0 Å². The Kier molecular flexibility index (Phi) is 4.10. The Morgan fingerprint density at radius 3 is 3.12 bits per heavy atom. The summed E-state index contributed by atoms with van der Waals surface area (Å²) in [6.07, 6.45) is 3.77. The highest BCUT2D eigenvalue weighted by Crippen LogP contribution is 2.24. The normalized spacial score (nSPS) is 24.8. The highest BCUT2D eigenvalue weighted by Gasteiger charge is 2.32. The molecule has 94 valence electrons. The number of nitrogens with two attached hydrogens (primary N) is 1. The van der Waals surface area contributed by atoms with E-state index >= 15 is 0 Å². The molecule has 0 spiro atoms. The summed E-state index contributed by atoms with van der Waals surface area (Å²) in [4.78, 5) is 4.32. The maximum atomic E-state index is 5.97. The van der Waals surface area contributed by atoms with Gasteiger partial charge in [-0.1, -0.05) is 6.07 Å². The van der Waals surface area contributed by atoms with E-state index in [-0.39, 0.29) is 5.60 Å². The fraction of sp³-hybridized carbons (Fsp3) is 0.615. The number of aromatic nitrogens is 1. The number of aryl methyl sites for hydroxylation is 1. The Morgan fingerprint density at radius 2 is 2.47 bits per heavy atom. The smallest absolute Gasteiger partial charge is 0.104 e. The van der Waals surface area contributed by atoms with Crippen LogP contribution >= 0.6 is 0 Å². The van der Waals surface area contributed by atoms with Gasteiger partial charge < -0.3 is 15.2 Å². The van der Waals surface area contributed by atoms with Crippen molar-refractivity contribution in [1.29, 1.82) is 0 Å². The molecule has 1 aliphatic rings. The highest BCUT2D eigenvalue weighted by molar-refractivity contribution is 5.16. The number of hydrogen-bond acceptors (Lipinski definition) is 4. The number of hydrogen-bond donors (Lipinski definition) is 1. The van der Waals surface area contributed by atoms with Crippen LogP contribution in [0.25, 0.3) is 0 Å². The van der Waals surface area contributed by atoms with E-state index in [1.165, 1.54) is 0 Å². The molecule has 0 saturated carbocycles. The molecule has 1 aromatic heterocycles. The van der Waals surface area contributed by atoms with E-state index in [2.05, 4.69) is 4.98 Å². The van der Waals surface area contributed by atoms with Crippen molar-refractivity contribution in [2.45, 2.75) is 32.0 Å². The summed E-state index contributed by atoms with van der Waals surface area (Å²) in [7, 11) is 0. The molecule has 1 fully saturated rings. The third kappa shape index (κ3) is 3.03. The van der Waals surface area contributed by atoms with Gasteiger partial charge in [0.25, 0.3) is 0 Å². The van der Waals surface area contributed by atoms with Crippen LogP contribution in [0.15, 0.2) is 18.3 Å². The molecular formula is C13H20N2O2. The van der Waals surface area contributed by atoms with Gasteiger partial charge in [0, 0.05) is 19.3 Å². The van der Waals surface area contributed by atoms with Crippen LogP contribution in [0.4, 0.5) is 0 Å². The van der Waals surface area contributed by atoms with Gasteiger partial charge in [0.05, 0.1) is 18.9 Å². The molecule has 1 aromatic rings. The zero-order valence-electron chi connectivity index (χ0n) is 10.3. The Labute approximate surface area is 102 Å². The first-order valence-corrected chi connectivity index (χ1v) is 6.08. The summed E-state index contributed by atoms with van der Waals surface area (Å²) in [5.74, 6) is 0. The average molecular weight is 236 g/mol.